The van der Waals surface area contributed by atoms with Crippen LogP contribution in [-0.4, -0.2) is 25.9 Å². The SMILES string of the molecule is Cc1cc(-n2cnn(C/C(=C\F)CN)c2=O)ncc1Br. The van der Waals surface area contributed by atoms with Crippen molar-refractivity contribution in [2.45, 2.75) is 13.5 Å². The van der Waals surface area contributed by atoms with Crippen LogP contribution in [0.25, 0.3) is 5.82 Å². The summed E-state index contributed by atoms with van der Waals surface area (Å²) in [5.74, 6) is 0.459. The summed E-state index contributed by atoms with van der Waals surface area (Å²) in [5, 5.41) is 3.93. The van der Waals surface area contributed by atoms with E-state index < -0.39 is 5.69 Å². The van der Waals surface area contributed by atoms with Gasteiger partial charge in [-0.1, -0.05) is 0 Å². The van der Waals surface area contributed by atoms with Crippen molar-refractivity contribution in [2.75, 3.05) is 6.54 Å². The second-order valence-corrected chi connectivity index (χ2v) is 5.06. The summed E-state index contributed by atoms with van der Waals surface area (Å²) < 4.78 is 15.8. The maximum absolute atomic E-state index is 12.5. The smallest absolute Gasteiger partial charge is 0.327 e. The van der Waals surface area contributed by atoms with Crippen LogP contribution in [0.4, 0.5) is 4.39 Å². The summed E-state index contributed by atoms with van der Waals surface area (Å²) in [7, 11) is 0. The number of halogens is 2. The van der Waals surface area contributed by atoms with Gasteiger partial charge in [0.1, 0.15) is 12.1 Å². The van der Waals surface area contributed by atoms with Gasteiger partial charge in [0.2, 0.25) is 0 Å². The van der Waals surface area contributed by atoms with E-state index in [1.165, 1.54) is 10.9 Å². The molecule has 2 N–H and O–H groups in total. The van der Waals surface area contributed by atoms with Gasteiger partial charge in [-0.15, -0.1) is 0 Å². The van der Waals surface area contributed by atoms with Gasteiger partial charge in [-0.05, 0) is 40.1 Å². The maximum Gasteiger partial charge on any atom is 0.351 e. The Balaban J connectivity index is 2.38. The molecule has 0 bridgehead atoms. The number of aryl methyl sites for hydroxylation is 1. The fourth-order valence-electron chi connectivity index (χ4n) is 1.59. The molecule has 0 spiro atoms. The first-order valence-electron chi connectivity index (χ1n) is 5.82. The van der Waals surface area contributed by atoms with E-state index in [2.05, 4.69) is 26.0 Å². The minimum atomic E-state index is -0.396. The van der Waals surface area contributed by atoms with E-state index in [0.29, 0.717) is 12.1 Å². The quantitative estimate of drug-likeness (QED) is 0.909. The van der Waals surface area contributed by atoms with Gasteiger partial charge in [-0.3, -0.25) is 0 Å². The number of hydrogen-bond acceptors (Lipinski definition) is 4. The van der Waals surface area contributed by atoms with E-state index in [0.717, 1.165) is 14.7 Å². The lowest BCUT2D eigenvalue weighted by Gasteiger charge is -2.03. The average molecular weight is 342 g/mol. The summed E-state index contributed by atoms with van der Waals surface area (Å²) in [6.07, 6.45) is 3.36. The molecule has 106 valence electrons. The molecular formula is C12H13BrFN5O. The minimum Gasteiger partial charge on any atom is -0.327 e. The Morgan fingerprint density at radius 3 is 2.95 bits per heavy atom. The topological polar surface area (TPSA) is 78.7 Å². The molecule has 2 aromatic heterocycles. The first-order valence-corrected chi connectivity index (χ1v) is 6.61. The Morgan fingerprint density at radius 1 is 1.60 bits per heavy atom. The van der Waals surface area contributed by atoms with Gasteiger partial charge in [0.15, 0.2) is 0 Å². The van der Waals surface area contributed by atoms with Crippen molar-refractivity contribution < 1.29 is 4.39 Å². The molecule has 8 heteroatoms. The van der Waals surface area contributed by atoms with Crippen LogP contribution >= 0.6 is 15.9 Å². The van der Waals surface area contributed by atoms with E-state index in [1.807, 2.05) is 6.92 Å². The Morgan fingerprint density at radius 2 is 2.35 bits per heavy atom. The van der Waals surface area contributed by atoms with Crippen LogP contribution in [0.5, 0.6) is 0 Å². The van der Waals surface area contributed by atoms with Crippen molar-refractivity contribution in [1.29, 1.82) is 0 Å². The van der Waals surface area contributed by atoms with E-state index in [-0.39, 0.29) is 18.7 Å². The van der Waals surface area contributed by atoms with Crippen LogP contribution in [-0.2, 0) is 6.54 Å². The molecule has 20 heavy (non-hydrogen) atoms. The predicted molar refractivity (Wildman–Crippen MR) is 76.3 cm³/mol. The molecular weight excluding hydrogens is 329 g/mol. The summed E-state index contributed by atoms with van der Waals surface area (Å²) in [4.78, 5) is 16.3. The molecule has 0 amide bonds. The molecule has 0 fully saturated rings. The third-order valence-electron chi connectivity index (χ3n) is 2.78. The molecule has 0 aromatic carbocycles. The summed E-state index contributed by atoms with van der Waals surface area (Å²) in [5.41, 5.74) is 6.20. The molecule has 0 aliphatic heterocycles. The monoisotopic (exact) mass is 341 g/mol. The fourth-order valence-corrected chi connectivity index (χ4v) is 1.81. The zero-order chi connectivity index (χ0) is 14.7. The van der Waals surface area contributed by atoms with Crippen LogP contribution in [0.1, 0.15) is 5.56 Å². The summed E-state index contributed by atoms with van der Waals surface area (Å²) in [6.45, 7) is 1.95. The van der Waals surface area contributed by atoms with Crippen LogP contribution in [0, 0.1) is 6.92 Å². The Bertz CT molecular complexity index is 706. The van der Waals surface area contributed by atoms with E-state index in [4.69, 9.17) is 5.73 Å². The van der Waals surface area contributed by atoms with Crippen molar-refractivity contribution in [1.82, 2.24) is 19.3 Å². The number of nitrogens with zero attached hydrogens (tertiary/aromatic N) is 4. The van der Waals surface area contributed by atoms with Crippen LogP contribution < -0.4 is 11.4 Å². The molecule has 0 aliphatic rings. The second kappa shape index (κ2) is 6.10. The highest BCUT2D eigenvalue weighted by Gasteiger charge is 2.10. The molecule has 0 aliphatic carbocycles. The number of hydrogen-bond donors (Lipinski definition) is 1. The van der Waals surface area contributed by atoms with Crippen molar-refractivity contribution in [3.8, 4) is 5.82 Å². The summed E-state index contributed by atoms with van der Waals surface area (Å²) in [6, 6.07) is 1.76. The van der Waals surface area contributed by atoms with Gasteiger partial charge < -0.3 is 5.73 Å². The molecule has 6 nitrogen and oxygen atoms in total. The van der Waals surface area contributed by atoms with Crippen molar-refractivity contribution in [3.63, 3.8) is 0 Å². The average Bonchev–Trinajstić information content (AvgIpc) is 2.80. The third-order valence-corrected chi connectivity index (χ3v) is 3.61. The molecule has 0 unspecified atom stereocenters. The molecule has 2 aromatic rings. The number of nitrogens with two attached hydrogens (primary N) is 1. The molecule has 0 saturated carbocycles. The third kappa shape index (κ3) is 2.86. The lowest BCUT2D eigenvalue weighted by molar-refractivity contribution is 0.612. The highest BCUT2D eigenvalue weighted by molar-refractivity contribution is 9.10. The van der Waals surface area contributed by atoms with Crippen molar-refractivity contribution in [2.24, 2.45) is 5.73 Å². The number of aromatic nitrogens is 4. The normalized spacial score (nSPS) is 11.9. The zero-order valence-electron chi connectivity index (χ0n) is 10.8. The predicted octanol–water partition coefficient (Wildman–Crippen LogP) is 1.31. The molecule has 0 atom stereocenters. The lowest BCUT2D eigenvalue weighted by Crippen LogP contribution is -2.26. The number of rotatable bonds is 4. The summed E-state index contributed by atoms with van der Waals surface area (Å²) >= 11 is 3.34. The van der Waals surface area contributed by atoms with Crippen LogP contribution in [0.3, 0.4) is 0 Å². The molecule has 0 radical (unpaired) electrons. The molecule has 2 rings (SSSR count). The van der Waals surface area contributed by atoms with Gasteiger partial charge in [0.25, 0.3) is 0 Å². The highest BCUT2D eigenvalue weighted by Crippen LogP contribution is 2.15. The second-order valence-electron chi connectivity index (χ2n) is 4.20. The Kier molecular flexibility index (Phi) is 4.46. The van der Waals surface area contributed by atoms with E-state index in [1.54, 1.807) is 12.3 Å². The minimum absolute atomic E-state index is 0.0222. The van der Waals surface area contributed by atoms with Gasteiger partial charge in [0, 0.05) is 17.2 Å². The maximum atomic E-state index is 12.5. The Hall–Kier alpha value is -1.80. The first kappa shape index (κ1) is 14.6. The van der Waals surface area contributed by atoms with Crippen LogP contribution in [0.2, 0.25) is 0 Å². The zero-order valence-corrected chi connectivity index (χ0v) is 12.3. The van der Waals surface area contributed by atoms with Crippen molar-refractivity contribution in [3.05, 3.63) is 51.0 Å². The van der Waals surface area contributed by atoms with Crippen molar-refractivity contribution >= 4 is 15.9 Å². The van der Waals surface area contributed by atoms with E-state index in [9.17, 15) is 9.18 Å². The van der Waals surface area contributed by atoms with E-state index >= 15 is 0 Å². The standard InChI is InChI=1S/C12H13BrFN5O/c1-8-2-11(16-5-10(8)13)18-7-17-19(12(18)20)6-9(3-14)4-15/h2-3,5,7H,4,6,15H2,1H3/b9-3-. The fraction of sp³-hybridized carbons (Fsp3) is 0.250. The van der Waals surface area contributed by atoms with Gasteiger partial charge in [-0.25, -0.2) is 23.4 Å². The van der Waals surface area contributed by atoms with Gasteiger partial charge >= 0.3 is 5.69 Å². The highest BCUT2D eigenvalue weighted by atomic mass is 79.9. The molecule has 2 heterocycles. The van der Waals surface area contributed by atoms with Gasteiger partial charge in [0.05, 0.1) is 12.9 Å². The van der Waals surface area contributed by atoms with Gasteiger partial charge in [-0.2, -0.15) is 5.10 Å². The Labute approximate surface area is 122 Å². The number of pyridine rings is 1. The van der Waals surface area contributed by atoms with Crippen LogP contribution in [0.15, 0.2) is 39.8 Å². The largest absolute Gasteiger partial charge is 0.351 e. The first-order chi connectivity index (χ1) is 9.56. The molecule has 0 saturated heterocycles. The lowest BCUT2D eigenvalue weighted by atomic mass is 10.3.